The molecule has 0 saturated carbocycles. The number of nitrogens with one attached hydrogen (secondary N) is 1. The Bertz CT molecular complexity index is 516. The molecule has 1 aliphatic heterocycles. The summed E-state index contributed by atoms with van der Waals surface area (Å²) in [5.74, 6) is -2.53. The molecular weight excluding hydrogens is 270 g/mol. The molecule has 1 aliphatic rings. The Hall–Kier alpha value is -2.18. The van der Waals surface area contributed by atoms with Gasteiger partial charge in [0.05, 0.1) is 0 Å². The number of carbonyl (C=O) groups is 2. The third-order valence-electron chi connectivity index (χ3n) is 3.15. The van der Waals surface area contributed by atoms with E-state index in [9.17, 15) is 18.4 Å². The van der Waals surface area contributed by atoms with Gasteiger partial charge in [-0.15, -0.1) is 0 Å². The summed E-state index contributed by atoms with van der Waals surface area (Å²) in [6.07, 6.45) is 0.621. The van der Waals surface area contributed by atoms with E-state index in [0.29, 0.717) is 25.6 Å². The highest BCUT2D eigenvalue weighted by molar-refractivity contribution is 5.89. The second-order valence-electron chi connectivity index (χ2n) is 4.79. The van der Waals surface area contributed by atoms with Crippen LogP contribution in [0.1, 0.15) is 12.8 Å². The highest BCUT2D eigenvalue weighted by Gasteiger charge is 2.27. The second kappa shape index (κ2) is 5.85. The average Bonchev–Trinajstić information content (AvgIpc) is 2.75. The van der Waals surface area contributed by atoms with Crippen LogP contribution in [0.15, 0.2) is 18.2 Å². The number of aliphatic carboxylic acids is 1. The number of anilines is 1. The molecule has 0 spiro atoms. The minimum atomic E-state index is -0.899. The van der Waals surface area contributed by atoms with Crippen LogP contribution in [0.25, 0.3) is 0 Å². The molecule has 0 aliphatic carbocycles. The molecule has 5 nitrogen and oxygen atoms in total. The lowest BCUT2D eigenvalue weighted by Crippen LogP contribution is -2.33. The van der Waals surface area contributed by atoms with Crippen molar-refractivity contribution in [2.24, 2.45) is 5.92 Å². The fraction of sp³-hybridized carbons (Fsp3) is 0.385. The normalized spacial score (nSPS) is 18.1. The molecule has 0 aromatic heterocycles. The molecule has 1 fully saturated rings. The van der Waals surface area contributed by atoms with Gasteiger partial charge in [-0.25, -0.2) is 13.6 Å². The van der Waals surface area contributed by atoms with E-state index < -0.39 is 23.6 Å². The monoisotopic (exact) mass is 284 g/mol. The van der Waals surface area contributed by atoms with Crippen molar-refractivity contribution >= 4 is 17.7 Å². The predicted octanol–water partition coefficient (Wildman–Crippen LogP) is 2.29. The van der Waals surface area contributed by atoms with E-state index in [1.807, 2.05) is 0 Å². The Kier molecular flexibility index (Phi) is 4.16. The van der Waals surface area contributed by atoms with E-state index in [4.69, 9.17) is 5.11 Å². The predicted molar refractivity (Wildman–Crippen MR) is 67.3 cm³/mol. The molecule has 2 rings (SSSR count). The van der Waals surface area contributed by atoms with Crippen LogP contribution in [0.5, 0.6) is 0 Å². The number of carboxylic acids is 1. The fourth-order valence-corrected chi connectivity index (χ4v) is 2.26. The Morgan fingerprint density at radius 1 is 1.30 bits per heavy atom. The number of likely N-dealkylation sites (tertiary alicyclic amines) is 1. The molecular formula is C13H14F2N2O3. The maximum atomic E-state index is 13.0. The first-order chi connectivity index (χ1) is 9.44. The summed E-state index contributed by atoms with van der Waals surface area (Å²) >= 11 is 0. The summed E-state index contributed by atoms with van der Waals surface area (Å²) in [6.45, 7) is 0.761. The van der Waals surface area contributed by atoms with Crippen molar-refractivity contribution in [1.82, 2.24) is 4.90 Å². The van der Waals surface area contributed by atoms with Crippen LogP contribution in [0, 0.1) is 17.6 Å². The van der Waals surface area contributed by atoms with Crippen LogP contribution in [0.3, 0.4) is 0 Å². The number of nitrogens with zero attached hydrogens (tertiary/aromatic N) is 1. The molecule has 7 heteroatoms. The number of carboxylic acid groups (broad SMARTS) is 1. The summed E-state index contributed by atoms with van der Waals surface area (Å²) in [7, 11) is 0. The van der Waals surface area contributed by atoms with E-state index in [2.05, 4.69) is 5.32 Å². The van der Waals surface area contributed by atoms with Crippen molar-refractivity contribution in [2.75, 3.05) is 18.4 Å². The molecule has 2 N–H and O–H groups in total. The van der Waals surface area contributed by atoms with E-state index in [1.165, 1.54) is 4.90 Å². The largest absolute Gasteiger partial charge is 0.481 e. The molecule has 1 unspecified atom stereocenters. The zero-order chi connectivity index (χ0) is 14.7. The van der Waals surface area contributed by atoms with Crippen molar-refractivity contribution < 1.29 is 23.5 Å². The first kappa shape index (κ1) is 14.2. The minimum absolute atomic E-state index is 0.0123. The van der Waals surface area contributed by atoms with Crippen molar-refractivity contribution in [1.29, 1.82) is 0 Å². The van der Waals surface area contributed by atoms with Crippen LogP contribution in [0.4, 0.5) is 19.3 Å². The van der Waals surface area contributed by atoms with Gasteiger partial charge in [0.2, 0.25) is 0 Å². The molecule has 108 valence electrons. The van der Waals surface area contributed by atoms with Crippen LogP contribution < -0.4 is 5.32 Å². The molecule has 1 aromatic carbocycles. The van der Waals surface area contributed by atoms with Gasteiger partial charge < -0.3 is 15.3 Å². The molecule has 2 amide bonds. The van der Waals surface area contributed by atoms with Gasteiger partial charge in [-0.05, 0) is 24.5 Å². The SMILES string of the molecule is O=C(O)CC1CCN(C(=O)Nc2cc(F)cc(F)c2)C1. The first-order valence-electron chi connectivity index (χ1n) is 6.18. The summed E-state index contributed by atoms with van der Waals surface area (Å²) in [5, 5.41) is 11.1. The van der Waals surface area contributed by atoms with Gasteiger partial charge in [-0.1, -0.05) is 0 Å². The highest BCUT2D eigenvalue weighted by Crippen LogP contribution is 2.21. The van der Waals surface area contributed by atoms with Gasteiger partial charge in [0.25, 0.3) is 0 Å². The first-order valence-corrected chi connectivity index (χ1v) is 6.18. The summed E-state index contributed by atoms with van der Waals surface area (Å²) in [6, 6.07) is 2.27. The van der Waals surface area contributed by atoms with Crippen LogP contribution in [-0.4, -0.2) is 35.1 Å². The zero-order valence-electron chi connectivity index (χ0n) is 10.6. The molecule has 20 heavy (non-hydrogen) atoms. The van der Waals surface area contributed by atoms with Crippen molar-refractivity contribution in [2.45, 2.75) is 12.8 Å². The van der Waals surface area contributed by atoms with Gasteiger partial charge in [-0.2, -0.15) is 0 Å². The van der Waals surface area contributed by atoms with Crippen LogP contribution >= 0.6 is 0 Å². The lowest BCUT2D eigenvalue weighted by Gasteiger charge is -2.17. The number of rotatable bonds is 3. The van der Waals surface area contributed by atoms with Gasteiger partial charge in [0, 0.05) is 31.3 Å². The number of carbonyl (C=O) groups excluding carboxylic acids is 1. The Balaban J connectivity index is 1.94. The summed E-state index contributed by atoms with van der Waals surface area (Å²) in [5.41, 5.74) is 0.0363. The maximum Gasteiger partial charge on any atom is 0.321 e. The fourth-order valence-electron chi connectivity index (χ4n) is 2.26. The molecule has 0 bridgehead atoms. The molecule has 0 radical (unpaired) electrons. The Morgan fingerprint density at radius 3 is 2.55 bits per heavy atom. The van der Waals surface area contributed by atoms with E-state index >= 15 is 0 Å². The summed E-state index contributed by atoms with van der Waals surface area (Å²) < 4.78 is 26.0. The molecule has 1 atom stereocenters. The second-order valence-corrected chi connectivity index (χ2v) is 4.79. The lowest BCUT2D eigenvalue weighted by molar-refractivity contribution is -0.138. The van der Waals surface area contributed by atoms with Crippen molar-refractivity contribution in [3.63, 3.8) is 0 Å². The zero-order valence-corrected chi connectivity index (χ0v) is 10.6. The number of halogens is 2. The minimum Gasteiger partial charge on any atom is -0.481 e. The van der Waals surface area contributed by atoms with E-state index in [0.717, 1.165) is 12.1 Å². The lowest BCUT2D eigenvalue weighted by atomic mass is 10.1. The quantitative estimate of drug-likeness (QED) is 0.894. The van der Waals surface area contributed by atoms with Gasteiger partial charge in [-0.3, -0.25) is 4.79 Å². The number of benzene rings is 1. The molecule has 1 aromatic rings. The number of hydrogen-bond donors (Lipinski definition) is 2. The Morgan fingerprint density at radius 2 is 1.95 bits per heavy atom. The van der Waals surface area contributed by atoms with Crippen molar-refractivity contribution in [3.05, 3.63) is 29.8 Å². The smallest absolute Gasteiger partial charge is 0.321 e. The topological polar surface area (TPSA) is 69.6 Å². The van der Waals surface area contributed by atoms with Gasteiger partial charge in [0.1, 0.15) is 11.6 Å². The maximum absolute atomic E-state index is 13.0. The highest BCUT2D eigenvalue weighted by atomic mass is 19.1. The van der Waals surface area contributed by atoms with E-state index in [1.54, 1.807) is 0 Å². The average molecular weight is 284 g/mol. The van der Waals surface area contributed by atoms with E-state index in [-0.39, 0.29) is 18.0 Å². The van der Waals surface area contributed by atoms with Crippen LogP contribution in [-0.2, 0) is 4.79 Å². The number of hydrogen-bond acceptors (Lipinski definition) is 2. The molecule has 1 heterocycles. The number of urea groups is 1. The Labute approximate surface area is 114 Å². The third-order valence-corrected chi connectivity index (χ3v) is 3.15. The third kappa shape index (κ3) is 3.66. The molecule has 1 saturated heterocycles. The summed E-state index contributed by atoms with van der Waals surface area (Å²) in [4.78, 5) is 23.9. The standard InChI is InChI=1S/C13H14F2N2O3/c14-9-4-10(15)6-11(5-9)16-13(20)17-2-1-8(7-17)3-12(18)19/h4-6,8H,1-3,7H2,(H,16,20)(H,18,19). The van der Waals surface area contributed by atoms with Gasteiger partial charge >= 0.3 is 12.0 Å². The van der Waals surface area contributed by atoms with Crippen LogP contribution in [0.2, 0.25) is 0 Å². The van der Waals surface area contributed by atoms with Gasteiger partial charge in [0.15, 0.2) is 0 Å². The number of amides is 2. The van der Waals surface area contributed by atoms with Crippen molar-refractivity contribution in [3.8, 4) is 0 Å².